The normalized spacial score (nSPS) is 38.7. The van der Waals surface area contributed by atoms with E-state index in [1.54, 1.807) is 0 Å². The summed E-state index contributed by atoms with van der Waals surface area (Å²) in [5.41, 5.74) is 0. The monoisotopic (exact) mass is 612 g/mol. The molecule has 0 unspecified atom stereocenters. The third kappa shape index (κ3) is 9.86. The van der Waals surface area contributed by atoms with Gasteiger partial charge in [0, 0.05) is 10.2 Å². The molecule has 0 aromatic carbocycles. The summed E-state index contributed by atoms with van der Waals surface area (Å²) in [6, 6.07) is 0. The molecule has 7 N–H and O–H groups in total. The van der Waals surface area contributed by atoms with Crippen LogP contribution in [0.5, 0.6) is 0 Å². The summed E-state index contributed by atoms with van der Waals surface area (Å²) in [4.78, 5) is 0. The Balaban J connectivity index is 1.98. The van der Waals surface area contributed by atoms with Gasteiger partial charge in [-0.25, -0.2) is 30.1 Å². The summed E-state index contributed by atoms with van der Waals surface area (Å²) in [7, 11) is -2.20. The number of ether oxygens (including phenoxy) is 4. The first-order chi connectivity index (χ1) is 17.4. The van der Waals surface area contributed by atoms with Gasteiger partial charge < -0.3 is 54.7 Å². The Morgan fingerprint density at radius 3 is 1.63 bits per heavy atom. The minimum Gasteiger partial charge on any atom is -0.394 e. The van der Waals surface area contributed by atoms with Gasteiger partial charge >= 0.3 is 0 Å². The summed E-state index contributed by atoms with van der Waals surface area (Å²) in [6.45, 7) is -0.922. The Bertz CT molecular complexity index is 700. The van der Waals surface area contributed by atoms with Crippen molar-refractivity contribution in [2.75, 3.05) is 79.5 Å². The van der Waals surface area contributed by atoms with Crippen LogP contribution in [-0.4, -0.2) is 177 Å². The molecule has 0 aliphatic carbocycles. The largest absolute Gasteiger partial charge is 0.394 e. The molecule has 11 nitrogen and oxygen atoms in total. The van der Waals surface area contributed by atoms with Crippen LogP contribution in [0.4, 0.5) is 0 Å². The molecule has 10 atom stereocenters. The van der Waals surface area contributed by atoms with Crippen molar-refractivity contribution in [3.63, 3.8) is 0 Å². The van der Waals surface area contributed by atoms with Crippen LogP contribution in [0.15, 0.2) is 0 Å². The minimum absolute atomic E-state index is 0.312. The van der Waals surface area contributed by atoms with Gasteiger partial charge in [0.25, 0.3) is 0 Å². The van der Waals surface area contributed by atoms with Crippen molar-refractivity contribution in [2.45, 2.75) is 67.8 Å². The standard InChI is InChI=1S/C24H52O11S3/c1-36(2,3)13-38(7,14-37(4,5)6)10-8-9-32-23-21(31)19(29)22(16(12-26)34-23)35-24-20(30)18(28)17(27)15(11-25)33-24/h15-31H,8-14H2,1-7H3/t15-,16-,17-,18+,19-,20-,21-,22-,23-,24-/m1/s1. The van der Waals surface area contributed by atoms with E-state index in [9.17, 15) is 35.7 Å². The fraction of sp³-hybridized carbons (Fsp3) is 1.00. The fourth-order valence-electron chi connectivity index (χ4n) is 5.16. The molecule has 0 bridgehead atoms. The van der Waals surface area contributed by atoms with Crippen LogP contribution in [0.3, 0.4) is 0 Å². The van der Waals surface area contributed by atoms with E-state index in [1.165, 1.54) is 10.2 Å². The summed E-state index contributed by atoms with van der Waals surface area (Å²) in [6.07, 6.45) is 2.82. The lowest BCUT2D eigenvalue weighted by Crippen LogP contribution is -2.64. The zero-order valence-corrected chi connectivity index (χ0v) is 26.2. The smallest absolute Gasteiger partial charge is 0.187 e. The van der Waals surface area contributed by atoms with E-state index in [1.807, 2.05) is 0 Å². The summed E-state index contributed by atoms with van der Waals surface area (Å²) in [5, 5.41) is 73.4. The SMILES string of the molecule is CS(C)(C)CS(C)(CCCO[C@@H]1O[C@H](CO)[C@@H](O[C@H]2O[C@H](CO)[C@@H](O)[C@H](O)[C@H]2O)[C@H](O)[C@H]1O)CS(C)(C)C. The van der Waals surface area contributed by atoms with Gasteiger partial charge in [0.2, 0.25) is 0 Å². The quantitative estimate of drug-likeness (QED) is 0.124. The summed E-state index contributed by atoms with van der Waals surface area (Å²) >= 11 is 0. The lowest BCUT2D eigenvalue weighted by atomic mass is 9.97. The van der Waals surface area contributed by atoms with Crippen LogP contribution in [0, 0.1) is 0 Å². The molecule has 0 spiro atoms. The predicted molar refractivity (Wildman–Crippen MR) is 156 cm³/mol. The Hall–Kier alpha value is 0.610. The van der Waals surface area contributed by atoms with E-state index in [0.717, 1.165) is 12.2 Å². The highest BCUT2D eigenvalue weighted by atomic mass is 32.3. The highest BCUT2D eigenvalue weighted by Crippen LogP contribution is 2.62. The molecule has 0 amide bonds. The minimum atomic E-state index is -1.70. The lowest BCUT2D eigenvalue weighted by Gasteiger charge is -2.48. The topological polar surface area (TPSA) is 179 Å². The van der Waals surface area contributed by atoms with Crippen molar-refractivity contribution in [1.82, 2.24) is 0 Å². The van der Waals surface area contributed by atoms with Gasteiger partial charge in [-0.1, -0.05) is 0 Å². The van der Waals surface area contributed by atoms with Crippen LogP contribution < -0.4 is 0 Å². The first kappa shape index (κ1) is 34.8. The molecule has 2 saturated heterocycles. The maximum atomic E-state index is 10.8. The van der Waals surface area contributed by atoms with Gasteiger partial charge in [0.1, 0.15) is 48.8 Å². The number of aliphatic hydroxyl groups is 7. The Morgan fingerprint density at radius 1 is 0.632 bits per heavy atom. The average Bonchev–Trinajstić information content (AvgIpc) is 2.78. The highest BCUT2D eigenvalue weighted by Gasteiger charge is 2.50. The van der Waals surface area contributed by atoms with Crippen LogP contribution in [0.1, 0.15) is 6.42 Å². The van der Waals surface area contributed by atoms with E-state index in [0.29, 0.717) is 6.61 Å². The van der Waals surface area contributed by atoms with Crippen LogP contribution >= 0.6 is 30.1 Å². The maximum Gasteiger partial charge on any atom is 0.187 e. The molecule has 14 heteroatoms. The number of hydrogen-bond acceptors (Lipinski definition) is 11. The molecule has 2 rings (SSSR count). The van der Waals surface area contributed by atoms with E-state index in [2.05, 4.69) is 43.8 Å². The molecule has 0 saturated carbocycles. The molecule has 2 aliphatic rings. The predicted octanol–water partition coefficient (Wildman–Crippen LogP) is -1.25. The molecule has 0 aromatic heterocycles. The highest BCUT2D eigenvalue weighted by molar-refractivity contribution is 8.54. The first-order valence-electron chi connectivity index (χ1n) is 12.6. The van der Waals surface area contributed by atoms with Crippen molar-refractivity contribution in [3.05, 3.63) is 0 Å². The molecule has 2 fully saturated rings. The van der Waals surface area contributed by atoms with E-state index < -0.39 is 105 Å². The van der Waals surface area contributed by atoms with Crippen molar-refractivity contribution < 1.29 is 54.7 Å². The Labute approximate surface area is 231 Å². The third-order valence-electron chi connectivity index (χ3n) is 6.30. The fourth-order valence-corrected chi connectivity index (χ4v) is 21.5. The molecule has 0 aromatic rings. The molecular formula is C24H52O11S3. The lowest BCUT2D eigenvalue weighted by molar-refractivity contribution is -0.359. The first-order valence-corrected chi connectivity index (χ1v) is 21.2. The second kappa shape index (κ2) is 14.2. The zero-order valence-electron chi connectivity index (χ0n) is 23.7. The molecule has 2 aliphatic heterocycles. The van der Waals surface area contributed by atoms with Gasteiger partial charge in [-0.2, -0.15) is 0 Å². The Morgan fingerprint density at radius 2 is 1.13 bits per heavy atom. The van der Waals surface area contributed by atoms with E-state index in [-0.39, 0.29) is 0 Å². The van der Waals surface area contributed by atoms with Gasteiger partial charge in [-0.3, -0.25) is 0 Å². The van der Waals surface area contributed by atoms with Crippen molar-refractivity contribution in [2.24, 2.45) is 0 Å². The number of aliphatic hydroxyl groups excluding tert-OH is 7. The summed E-state index contributed by atoms with van der Waals surface area (Å²) in [5.74, 6) is 1.03. The second-order valence-corrected chi connectivity index (χ2v) is 25.9. The zero-order chi connectivity index (χ0) is 29.1. The molecular weight excluding hydrogens is 560 g/mol. The van der Waals surface area contributed by atoms with Gasteiger partial charge in [-0.05, 0) is 56.0 Å². The van der Waals surface area contributed by atoms with Gasteiger partial charge in [-0.15, -0.1) is 0 Å². The van der Waals surface area contributed by atoms with Crippen molar-refractivity contribution >= 4 is 30.1 Å². The van der Waals surface area contributed by atoms with E-state index in [4.69, 9.17) is 18.9 Å². The second-order valence-electron chi connectivity index (χ2n) is 12.3. The molecule has 232 valence electrons. The van der Waals surface area contributed by atoms with Gasteiger partial charge in [0.05, 0.1) is 19.8 Å². The Kier molecular flexibility index (Phi) is 13.0. The van der Waals surface area contributed by atoms with Crippen LogP contribution in [0.25, 0.3) is 0 Å². The molecule has 38 heavy (non-hydrogen) atoms. The third-order valence-corrected chi connectivity index (χ3v) is 17.8. The van der Waals surface area contributed by atoms with Crippen molar-refractivity contribution in [3.8, 4) is 0 Å². The molecule has 0 radical (unpaired) electrons. The number of hydrogen-bond donors (Lipinski definition) is 7. The molecule has 2 heterocycles. The van der Waals surface area contributed by atoms with Gasteiger partial charge in [0.15, 0.2) is 12.6 Å². The average molecular weight is 613 g/mol. The summed E-state index contributed by atoms with van der Waals surface area (Å²) < 4.78 is 22.5. The maximum absolute atomic E-state index is 10.8. The number of rotatable bonds is 13. The van der Waals surface area contributed by atoms with Crippen molar-refractivity contribution in [1.29, 1.82) is 0 Å². The van der Waals surface area contributed by atoms with Crippen LogP contribution in [-0.2, 0) is 18.9 Å². The van der Waals surface area contributed by atoms with Crippen LogP contribution in [0.2, 0.25) is 0 Å². The van der Waals surface area contributed by atoms with E-state index >= 15 is 0 Å².